The maximum Gasteiger partial charge on any atom is 0.142 e. The highest BCUT2D eigenvalue weighted by molar-refractivity contribution is 5.60. The summed E-state index contributed by atoms with van der Waals surface area (Å²) in [6, 6.07) is 10.1. The van der Waals surface area contributed by atoms with E-state index in [-0.39, 0.29) is 11.6 Å². The number of hydrogen-bond donors (Lipinski definition) is 0. The summed E-state index contributed by atoms with van der Waals surface area (Å²) in [5.41, 5.74) is 2.48. The summed E-state index contributed by atoms with van der Waals surface area (Å²) >= 11 is 0. The van der Waals surface area contributed by atoms with Crippen molar-refractivity contribution in [1.82, 2.24) is 4.90 Å². The Bertz CT molecular complexity index is 546. The first kappa shape index (κ1) is 16.5. The van der Waals surface area contributed by atoms with Crippen LogP contribution in [0.15, 0.2) is 54.3 Å². The van der Waals surface area contributed by atoms with Crippen LogP contribution in [-0.2, 0) is 11.2 Å². The molecular weight excluding hydrogens is 270 g/mol. The summed E-state index contributed by atoms with van der Waals surface area (Å²) in [6.45, 7) is 6.66. The fraction of sp³-hybridized carbons (Fsp3) is 0.450. The molecule has 0 bridgehead atoms. The molecule has 2 atom stereocenters. The van der Waals surface area contributed by atoms with Gasteiger partial charge in [-0.15, -0.1) is 0 Å². The number of carbonyl (C=O) groups is 1. The number of hydrogen-bond acceptors (Lipinski definition) is 2. The molecule has 2 heteroatoms. The van der Waals surface area contributed by atoms with E-state index in [9.17, 15) is 4.79 Å². The predicted molar refractivity (Wildman–Crippen MR) is 92.7 cm³/mol. The largest absolute Gasteiger partial charge is 0.358 e. The molecule has 0 fully saturated rings. The van der Waals surface area contributed by atoms with Gasteiger partial charge in [0.1, 0.15) is 6.29 Å². The molecule has 0 amide bonds. The van der Waals surface area contributed by atoms with Crippen LogP contribution in [0.4, 0.5) is 0 Å². The van der Waals surface area contributed by atoms with Crippen molar-refractivity contribution in [2.24, 2.45) is 0 Å². The van der Waals surface area contributed by atoms with Gasteiger partial charge in [-0.1, -0.05) is 56.2 Å². The van der Waals surface area contributed by atoms with Gasteiger partial charge in [0.15, 0.2) is 0 Å². The molecular formula is C20H27NO. The molecule has 1 aliphatic heterocycles. The van der Waals surface area contributed by atoms with Crippen LogP contribution in [0.1, 0.15) is 45.6 Å². The summed E-state index contributed by atoms with van der Waals surface area (Å²) < 4.78 is 0. The molecule has 1 unspecified atom stereocenters. The number of unbranched alkanes of at least 4 members (excludes halogenated alkanes) is 1. The monoisotopic (exact) mass is 297 g/mol. The quantitative estimate of drug-likeness (QED) is 0.690. The summed E-state index contributed by atoms with van der Waals surface area (Å²) in [7, 11) is 0. The van der Waals surface area contributed by atoms with Gasteiger partial charge in [0, 0.05) is 6.20 Å². The van der Waals surface area contributed by atoms with E-state index in [1.807, 2.05) is 18.2 Å². The number of aldehydes is 1. The second kappa shape index (κ2) is 7.44. The van der Waals surface area contributed by atoms with E-state index in [4.69, 9.17) is 0 Å². The molecule has 1 aromatic rings. The zero-order chi connectivity index (χ0) is 16.0. The second-order valence-electron chi connectivity index (χ2n) is 6.37. The van der Waals surface area contributed by atoms with Crippen LogP contribution in [0, 0.1) is 0 Å². The maximum absolute atomic E-state index is 11.8. The highest BCUT2D eigenvalue weighted by Crippen LogP contribution is 2.35. The van der Waals surface area contributed by atoms with Crippen molar-refractivity contribution in [3.63, 3.8) is 0 Å². The number of allylic oxidation sites excluding steroid dienone is 2. The standard InChI is InChI=1S/C20H27NO/c1-4-5-13-20(3)17(2)10-9-14-21(20)19(16-22)15-18-11-7-6-8-12-18/h6-12,14,16,19H,4-5,13,15H2,1-3H3/t19?,20-/m1/s1. The zero-order valence-electron chi connectivity index (χ0n) is 14.0. The van der Waals surface area contributed by atoms with Gasteiger partial charge in [-0.25, -0.2) is 0 Å². The minimum atomic E-state index is -0.121. The van der Waals surface area contributed by atoms with Crippen molar-refractivity contribution in [3.8, 4) is 0 Å². The lowest BCUT2D eigenvalue weighted by atomic mass is 9.82. The van der Waals surface area contributed by atoms with Gasteiger partial charge < -0.3 is 9.69 Å². The smallest absolute Gasteiger partial charge is 0.142 e. The second-order valence-corrected chi connectivity index (χ2v) is 6.37. The molecule has 0 N–H and O–H groups in total. The predicted octanol–water partition coefficient (Wildman–Crippen LogP) is 4.52. The lowest BCUT2D eigenvalue weighted by Crippen LogP contribution is -2.52. The first-order valence-corrected chi connectivity index (χ1v) is 8.25. The van der Waals surface area contributed by atoms with Crippen LogP contribution in [0.25, 0.3) is 0 Å². The van der Waals surface area contributed by atoms with Crippen LogP contribution in [0.3, 0.4) is 0 Å². The van der Waals surface area contributed by atoms with E-state index in [1.165, 1.54) is 24.0 Å². The highest BCUT2D eigenvalue weighted by Gasteiger charge is 2.36. The minimum absolute atomic E-state index is 0.0644. The maximum atomic E-state index is 11.8. The molecule has 0 spiro atoms. The topological polar surface area (TPSA) is 20.3 Å². The Hall–Kier alpha value is -1.83. The molecule has 1 aromatic carbocycles. The van der Waals surface area contributed by atoms with Gasteiger partial charge in [-0.05, 0) is 43.9 Å². The lowest BCUT2D eigenvalue weighted by molar-refractivity contribution is -0.113. The molecule has 22 heavy (non-hydrogen) atoms. The Morgan fingerprint density at radius 3 is 2.64 bits per heavy atom. The Morgan fingerprint density at radius 1 is 1.27 bits per heavy atom. The fourth-order valence-corrected chi connectivity index (χ4v) is 3.22. The average molecular weight is 297 g/mol. The van der Waals surface area contributed by atoms with E-state index in [0.717, 1.165) is 19.1 Å². The van der Waals surface area contributed by atoms with Gasteiger partial charge >= 0.3 is 0 Å². The first-order valence-electron chi connectivity index (χ1n) is 8.25. The summed E-state index contributed by atoms with van der Waals surface area (Å²) in [5, 5.41) is 0. The third-order valence-electron chi connectivity index (χ3n) is 4.83. The van der Waals surface area contributed by atoms with Gasteiger partial charge in [0.05, 0.1) is 11.6 Å². The number of benzene rings is 1. The molecule has 1 aliphatic rings. The van der Waals surface area contributed by atoms with E-state index < -0.39 is 0 Å². The van der Waals surface area contributed by atoms with Gasteiger partial charge in [0.25, 0.3) is 0 Å². The van der Waals surface area contributed by atoms with Crippen molar-refractivity contribution in [2.75, 3.05) is 0 Å². The Morgan fingerprint density at radius 2 is 2.00 bits per heavy atom. The molecule has 118 valence electrons. The van der Waals surface area contributed by atoms with Crippen molar-refractivity contribution in [3.05, 3.63) is 59.8 Å². The molecule has 0 radical (unpaired) electrons. The summed E-state index contributed by atoms with van der Waals surface area (Å²) in [6.07, 6.45) is 11.6. The number of rotatable bonds is 7. The van der Waals surface area contributed by atoms with Crippen molar-refractivity contribution < 1.29 is 4.79 Å². The van der Waals surface area contributed by atoms with Crippen LogP contribution >= 0.6 is 0 Å². The highest BCUT2D eigenvalue weighted by atomic mass is 16.1. The molecule has 0 saturated carbocycles. The molecule has 0 aromatic heterocycles. The van der Waals surface area contributed by atoms with Crippen LogP contribution in [0.5, 0.6) is 0 Å². The Balaban J connectivity index is 2.23. The Labute approximate surface area is 134 Å². The van der Waals surface area contributed by atoms with E-state index in [0.29, 0.717) is 0 Å². The summed E-state index contributed by atoms with van der Waals surface area (Å²) in [5.74, 6) is 0. The molecule has 2 rings (SSSR count). The average Bonchev–Trinajstić information content (AvgIpc) is 2.55. The molecule has 0 saturated heterocycles. The van der Waals surface area contributed by atoms with Gasteiger partial charge in [0.2, 0.25) is 0 Å². The zero-order valence-corrected chi connectivity index (χ0v) is 14.0. The van der Waals surface area contributed by atoms with Crippen LogP contribution < -0.4 is 0 Å². The van der Waals surface area contributed by atoms with Crippen molar-refractivity contribution in [2.45, 2.75) is 58.0 Å². The normalized spacial score (nSPS) is 22.3. The third kappa shape index (κ3) is 3.49. The molecule has 1 heterocycles. The lowest BCUT2D eigenvalue weighted by Gasteiger charge is -2.46. The van der Waals surface area contributed by atoms with Gasteiger partial charge in [-0.2, -0.15) is 0 Å². The van der Waals surface area contributed by atoms with Crippen LogP contribution in [0.2, 0.25) is 0 Å². The van der Waals surface area contributed by atoms with Crippen LogP contribution in [-0.4, -0.2) is 22.8 Å². The van der Waals surface area contributed by atoms with E-state index >= 15 is 0 Å². The first-order chi connectivity index (χ1) is 10.6. The summed E-state index contributed by atoms with van der Waals surface area (Å²) in [4.78, 5) is 14.0. The van der Waals surface area contributed by atoms with E-state index in [1.54, 1.807) is 0 Å². The molecule has 2 nitrogen and oxygen atoms in total. The molecule has 0 aliphatic carbocycles. The number of carbonyl (C=O) groups excluding carboxylic acids is 1. The Kier molecular flexibility index (Phi) is 5.59. The van der Waals surface area contributed by atoms with E-state index in [2.05, 4.69) is 56.2 Å². The number of nitrogens with zero attached hydrogens (tertiary/aromatic N) is 1. The SMILES string of the molecule is CCCC[C@]1(C)C(C)=CC=CN1C(C=O)Cc1ccccc1. The minimum Gasteiger partial charge on any atom is -0.358 e. The van der Waals surface area contributed by atoms with Crippen molar-refractivity contribution >= 4 is 6.29 Å². The van der Waals surface area contributed by atoms with Gasteiger partial charge in [-0.3, -0.25) is 0 Å². The van der Waals surface area contributed by atoms with Crippen molar-refractivity contribution in [1.29, 1.82) is 0 Å². The third-order valence-corrected chi connectivity index (χ3v) is 4.83. The fourth-order valence-electron chi connectivity index (χ4n) is 3.22.